The van der Waals surface area contributed by atoms with Crippen LogP contribution in [0.1, 0.15) is 35.2 Å². The summed E-state index contributed by atoms with van der Waals surface area (Å²) in [7, 11) is 3.45. The summed E-state index contributed by atoms with van der Waals surface area (Å²) in [6.07, 6.45) is 3.82. The Morgan fingerprint density at radius 1 is 1.17 bits per heavy atom. The zero-order valence-electron chi connectivity index (χ0n) is 14.9. The van der Waals surface area contributed by atoms with E-state index in [0.29, 0.717) is 17.8 Å². The molecule has 6 nitrogen and oxygen atoms in total. The Labute approximate surface area is 144 Å². The first-order valence-corrected chi connectivity index (χ1v) is 8.57. The van der Waals surface area contributed by atoms with Gasteiger partial charge in [-0.25, -0.2) is 4.79 Å². The van der Waals surface area contributed by atoms with Crippen molar-refractivity contribution in [1.82, 2.24) is 15.1 Å². The van der Waals surface area contributed by atoms with Gasteiger partial charge in [0.15, 0.2) is 0 Å². The summed E-state index contributed by atoms with van der Waals surface area (Å²) in [6, 6.07) is 5.12. The molecule has 132 valence electrons. The van der Waals surface area contributed by atoms with Crippen LogP contribution in [0.5, 0.6) is 0 Å². The third-order valence-electron chi connectivity index (χ3n) is 4.28. The van der Waals surface area contributed by atoms with Crippen LogP contribution in [-0.4, -0.2) is 62.0 Å². The number of hydrogen-bond donors (Lipinski definition) is 2. The van der Waals surface area contributed by atoms with Crippen LogP contribution in [0.25, 0.3) is 0 Å². The zero-order valence-corrected chi connectivity index (χ0v) is 14.9. The molecule has 1 aromatic rings. The normalized spacial score (nSPS) is 15.0. The molecule has 1 aliphatic heterocycles. The first-order valence-electron chi connectivity index (χ1n) is 8.57. The number of anilines is 1. The molecule has 1 aliphatic rings. The predicted molar refractivity (Wildman–Crippen MR) is 96.5 cm³/mol. The van der Waals surface area contributed by atoms with Crippen molar-refractivity contribution in [2.24, 2.45) is 0 Å². The van der Waals surface area contributed by atoms with Gasteiger partial charge in [0.25, 0.3) is 5.91 Å². The number of hydrogen-bond acceptors (Lipinski definition) is 3. The van der Waals surface area contributed by atoms with E-state index >= 15 is 0 Å². The fourth-order valence-corrected chi connectivity index (χ4v) is 2.91. The van der Waals surface area contributed by atoms with Gasteiger partial charge < -0.3 is 20.4 Å². The Morgan fingerprint density at radius 3 is 2.50 bits per heavy atom. The minimum Gasteiger partial charge on any atom is -0.345 e. The first-order chi connectivity index (χ1) is 11.5. The number of rotatable bonds is 5. The maximum atomic E-state index is 12.0. The average Bonchev–Trinajstić information content (AvgIpc) is 2.55. The molecular formula is C18H28N4O2. The van der Waals surface area contributed by atoms with E-state index in [9.17, 15) is 9.59 Å². The monoisotopic (exact) mass is 332 g/mol. The lowest BCUT2D eigenvalue weighted by Crippen LogP contribution is -2.39. The van der Waals surface area contributed by atoms with Crippen molar-refractivity contribution in [2.75, 3.05) is 45.6 Å². The molecule has 0 aliphatic carbocycles. The molecule has 2 rings (SSSR count). The molecule has 0 atom stereocenters. The molecule has 6 heteroatoms. The summed E-state index contributed by atoms with van der Waals surface area (Å²) in [4.78, 5) is 27.9. The molecule has 0 unspecified atom stereocenters. The molecule has 1 fully saturated rings. The predicted octanol–water partition coefficient (Wildman–Crippen LogP) is 2.30. The molecule has 1 aromatic carbocycles. The number of nitrogens with one attached hydrogen (secondary N) is 2. The van der Waals surface area contributed by atoms with Crippen LogP contribution in [0.3, 0.4) is 0 Å². The lowest BCUT2D eigenvalue weighted by molar-refractivity contribution is 0.0827. The van der Waals surface area contributed by atoms with Gasteiger partial charge in [-0.05, 0) is 56.6 Å². The number of likely N-dealkylation sites (tertiary alicyclic amines) is 1. The molecule has 3 amide bonds. The number of piperidine rings is 1. The van der Waals surface area contributed by atoms with Gasteiger partial charge in [0, 0.05) is 38.4 Å². The second-order valence-electron chi connectivity index (χ2n) is 6.51. The Balaban J connectivity index is 1.81. The van der Waals surface area contributed by atoms with Crippen molar-refractivity contribution in [3.05, 3.63) is 29.3 Å². The molecule has 0 radical (unpaired) electrons. The van der Waals surface area contributed by atoms with Crippen LogP contribution >= 0.6 is 0 Å². The van der Waals surface area contributed by atoms with Crippen LogP contribution in [0.2, 0.25) is 0 Å². The highest BCUT2D eigenvalue weighted by atomic mass is 16.2. The second-order valence-corrected chi connectivity index (χ2v) is 6.51. The molecular weight excluding hydrogens is 304 g/mol. The topological polar surface area (TPSA) is 64.7 Å². The Kier molecular flexibility index (Phi) is 6.61. The van der Waals surface area contributed by atoms with Gasteiger partial charge in [0.2, 0.25) is 0 Å². The van der Waals surface area contributed by atoms with Gasteiger partial charge in [-0.1, -0.05) is 6.42 Å². The molecule has 0 bridgehead atoms. The van der Waals surface area contributed by atoms with Crippen molar-refractivity contribution < 1.29 is 9.59 Å². The zero-order chi connectivity index (χ0) is 17.5. The molecule has 1 saturated heterocycles. The average molecular weight is 332 g/mol. The summed E-state index contributed by atoms with van der Waals surface area (Å²) in [6.45, 7) is 5.66. The Hall–Kier alpha value is -2.08. The van der Waals surface area contributed by atoms with Gasteiger partial charge in [-0.15, -0.1) is 0 Å². The largest absolute Gasteiger partial charge is 0.345 e. The SMILES string of the molecule is Cc1cc(NC(=O)NCCN2CCCCC2)ccc1C(=O)N(C)C. The fraction of sp³-hybridized carbons (Fsp3) is 0.556. The smallest absolute Gasteiger partial charge is 0.319 e. The minimum atomic E-state index is -0.210. The summed E-state index contributed by atoms with van der Waals surface area (Å²) in [5, 5.41) is 5.71. The number of urea groups is 1. The van der Waals surface area contributed by atoms with Gasteiger partial charge >= 0.3 is 6.03 Å². The molecule has 2 N–H and O–H groups in total. The van der Waals surface area contributed by atoms with E-state index in [-0.39, 0.29) is 11.9 Å². The number of nitrogens with zero attached hydrogens (tertiary/aromatic N) is 2. The van der Waals surface area contributed by atoms with Crippen molar-refractivity contribution in [3.8, 4) is 0 Å². The third kappa shape index (κ3) is 5.23. The van der Waals surface area contributed by atoms with E-state index < -0.39 is 0 Å². The number of carbonyl (C=O) groups excluding carboxylic acids is 2. The quantitative estimate of drug-likeness (QED) is 0.869. The van der Waals surface area contributed by atoms with E-state index in [2.05, 4.69) is 15.5 Å². The van der Waals surface area contributed by atoms with E-state index in [1.165, 1.54) is 19.3 Å². The molecule has 0 spiro atoms. The maximum Gasteiger partial charge on any atom is 0.319 e. The highest BCUT2D eigenvalue weighted by molar-refractivity contribution is 5.96. The van der Waals surface area contributed by atoms with Crippen molar-refractivity contribution in [3.63, 3.8) is 0 Å². The van der Waals surface area contributed by atoms with Crippen LogP contribution in [0.4, 0.5) is 10.5 Å². The third-order valence-corrected chi connectivity index (χ3v) is 4.28. The van der Waals surface area contributed by atoms with E-state index in [4.69, 9.17) is 0 Å². The van der Waals surface area contributed by atoms with Crippen LogP contribution < -0.4 is 10.6 Å². The van der Waals surface area contributed by atoms with Crippen LogP contribution in [-0.2, 0) is 0 Å². The molecule has 0 saturated carbocycles. The van der Waals surface area contributed by atoms with Gasteiger partial charge in [-0.3, -0.25) is 4.79 Å². The lowest BCUT2D eigenvalue weighted by atomic mass is 10.1. The summed E-state index contributed by atoms with van der Waals surface area (Å²) < 4.78 is 0. The van der Waals surface area contributed by atoms with Gasteiger partial charge in [0.1, 0.15) is 0 Å². The van der Waals surface area contributed by atoms with Crippen LogP contribution in [0, 0.1) is 6.92 Å². The van der Waals surface area contributed by atoms with Gasteiger partial charge in [-0.2, -0.15) is 0 Å². The summed E-state index contributed by atoms with van der Waals surface area (Å²) in [5.74, 6) is -0.0370. The van der Waals surface area contributed by atoms with E-state index in [0.717, 1.165) is 25.2 Å². The lowest BCUT2D eigenvalue weighted by Gasteiger charge is -2.26. The van der Waals surface area contributed by atoms with Gasteiger partial charge in [0.05, 0.1) is 0 Å². The summed E-state index contributed by atoms with van der Waals surface area (Å²) >= 11 is 0. The molecule has 0 aromatic heterocycles. The first kappa shape index (κ1) is 18.3. The van der Waals surface area contributed by atoms with Crippen molar-refractivity contribution in [1.29, 1.82) is 0 Å². The highest BCUT2D eigenvalue weighted by Gasteiger charge is 2.12. The van der Waals surface area contributed by atoms with E-state index in [1.54, 1.807) is 31.1 Å². The number of aryl methyl sites for hydroxylation is 1. The highest BCUT2D eigenvalue weighted by Crippen LogP contribution is 2.16. The molecule has 24 heavy (non-hydrogen) atoms. The van der Waals surface area contributed by atoms with E-state index in [1.807, 2.05) is 13.0 Å². The van der Waals surface area contributed by atoms with Crippen molar-refractivity contribution in [2.45, 2.75) is 26.2 Å². The number of amides is 3. The Morgan fingerprint density at radius 2 is 1.88 bits per heavy atom. The maximum absolute atomic E-state index is 12.0. The number of carbonyl (C=O) groups is 2. The number of benzene rings is 1. The van der Waals surface area contributed by atoms with Crippen LogP contribution in [0.15, 0.2) is 18.2 Å². The molecule has 1 heterocycles. The standard InChI is InChI=1S/C18H28N4O2/c1-14-13-15(7-8-16(14)17(23)21(2)3)20-18(24)19-9-12-22-10-5-4-6-11-22/h7-8,13H,4-6,9-12H2,1-3H3,(H2,19,20,24). The van der Waals surface area contributed by atoms with Crippen molar-refractivity contribution >= 4 is 17.6 Å². The summed E-state index contributed by atoms with van der Waals surface area (Å²) in [5.41, 5.74) is 2.19. The fourth-order valence-electron chi connectivity index (χ4n) is 2.91. The Bertz CT molecular complexity index is 580. The second kappa shape index (κ2) is 8.68. The minimum absolute atomic E-state index is 0.0370.